The second-order valence-corrected chi connectivity index (χ2v) is 7.84. The fraction of sp³-hybridized carbons (Fsp3) is 0.571. The first kappa shape index (κ1) is 18.9. The molecule has 1 aliphatic carbocycles. The topological polar surface area (TPSA) is 63.1 Å². The number of nitrogens with one attached hydrogen (secondary N) is 1. The Morgan fingerprint density at radius 1 is 1.07 bits per heavy atom. The molecule has 1 aliphatic heterocycles. The summed E-state index contributed by atoms with van der Waals surface area (Å²) in [5.74, 6) is 1.48. The van der Waals surface area contributed by atoms with Crippen LogP contribution < -0.4 is 10.2 Å². The number of hydrogen-bond acceptors (Lipinski definition) is 3. The predicted octanol–water partition coefficient (Wildman–Crippen LogP) is 4.19. The van der Waals surface area contributed by atoms with Gasteiger partial charge in [0.25, 0.3) is 0 Å². The number of aryl methyl sites for hydroxylation is 1. The Kier molecular flexibility index (Phi) is 5.88. The molecule has 1 N–H and O–H groups in total. The lowest BCUT2D eigenvalue weighted by Gasteiger charge is -2.28. The Balaban J connectivity index is 1.57. The van der Waals surface area contributed by atoms with Crippen molar-refractivity contribution < 1.29 is 9.18 Å². The summed E-state index contributed by atoms with van der Waals surface area (Å²) in [7, 11) is 0. The van der Waals surface area contributed by atoms with Crippen LogP contribution in [0.5, 0.6) is 0 Å². The van der Waals surface area contributed by atoms with Crippen LogP contribution in [-0.4, -0.2) is 26.8 Å². The van der Waals surface area contributed by atoms with E-state index in [2.05, 4.69) is 20.1 Å². The Bertz CT molecular complexity index is 798. The quantitative estimate of drug-likeness (QED) is 0.858. The molecule has 6 nitrogen and oxygen atoms in total. The normalized spacial score (nSPS) is 17.6. The van der Waals surface area contributed by atoms with Crippen LogP contribution in [0.2, 0.25) is 0 Å². The Morgan fingerprint density at radius 3 is 2.61 bits per heavy atom. The molecule has 2 aromatic rings. The highest BCUT2D eigenvalue weighted by molar-refractivity contribution is 5.92. The molecular weight excluding hydrogens is 357 g/mol. The lowest BCUT2D eigenvalue weighted by Crippen LogP contribution is -2.45. The van der Waals surface area contributed by atoms with E-state index in [-0.39, 0.29) is 17.9 Å². The maximum atomic E-state index is 13.4. The van der Waals surface area contributed by atoms with Crippen LogP contribution in [0.1, 0.15) is 63.0 Å². The smallest absolute Gasteiger partial charge is 0.322 e. The molecule has 0 bridgehead atoms. The van der Waals surface area contributed by atoms with Gasteiger partial charge in [-0.2, -0.15) is 0 Å². The van der Waals surface area contributed by atoms with Crippen LogP contribution in [0.4, 0.5) is 14.9 Å². The summed E-state index contributed by atoms with van der Waals surface area (Å²) in [5, 5.41) is 11.9. The number of benzene rings is 1. The second-order valence-electron chi connectivity index (χ2n) is 7.84. The molecule has 4 rings (SSSR count). The Morgan fingerprint density at radius 2 is 1.82 bits per heavy atom. The third-order valence-electron chi connectivity index (χ3n) is 5.80. The van der Waals surface area contributed by atoms with Gasteiger partial charge in [0.15, 0.2) is 5.82 Å². The SMILES string of the molecule is O=C(NC1CCCCC1)N(Cc1nnc2n1CCCCC2)c1ccc(F)cc1. The average Bonchev–Trinajstić information content (AvgIpc) is 2.93. The predicted molar refractivity (Wildman–Crippen MR) is 106 cm³/mol. The monoisotopic (exact) mass is 385 g/mol. The third kappa shape index (κ3) is 4.34. The van der Waals surface area contributed by atoms with E-state index in [1.54, 1.807) is 17.0 Å². The minimum atomic E-state index is -0.312. The Hall–Kier alpha value is -2.44. The molecule has 2 amide bonds. The molecule has 0 unspecified atom stereocenters. The van der Waals surface area contributed by atoms with E-state index in [9.17, 15) is 9.18 Å². The maximum Gasteiger partial charge on any atom is 0.322 e. The van der Waals surface area contributed by atoms with Crippen LogP contribution in [-0.2, 0) is 19.5 Å². The van der Waals surface area contributed by atoms with Crippen molar-refractivity contribution in [3.8, 4) is 0 Å². The van der Waals surface area contributed by atoms with Gasteiger partial charge in [-0.15, -0.1) is 10.2 Å². The highest BCUT2D eigenvalue weighted by Gasteiger charge is 2.24. The van der Waals surface area contributed by atoms with Gasteiger partial charge in [-0.1, -0.05) is 25.7 Å². The molecule has 150 valence electrons. The lowest BCUT2D eigenvalue weighted by atomic mass is 9.96. The molecule has 0 radical (unpaired) electrons. The zero-order valence-electron chi connectivity index (χ0n) is 16.2. The number of fused-ring (bicyclic) bond motifs is 1. The van der Waals surface area contributed by atoms with E-state index in [1.807, 2.05) is 0 Å². The number of hydrogen-bond donors (Lipinski definition) is 1. The molecule has 2 aliphatic rings. The van der Waals surface area contributed by atoms with Crippen molar-refractivity contribution in [3.63, 3.8) is 0 Å². The molecule has 28 heavy (non-hydrogen) atoms. The van der Waals surface area contributed by atoms with Crippen molar-refractivity contribution >= 4 is 11.7 Å². The number of nitrogens with zero attached hydrogens (tertiary/aromatic N) is 4. The van der Waals surface area contributed by atoms with Crippen molar-refractivity contribution in [2.45, 2.75) is 76.9 Å². The number of urea groups is 1. The van der Waals surface area contributed by atoms with Gasteiger partial charge in [-0.25, -0.2) is 9.18 Å². The number of carbonyl (C=O) groups excluding carboxylic acids is 1. The molecule has 7 heteroatoms. The summed E-state index contributed by atoms with van der Waals surface area (Å²) >= 11 is 0. The van der Waals surface area contributed by atoms with Gasteiger partial charge >= 0.3 is 6.03 Å². The average molecular weight is 385 g/mol. The largest absolute Gasteiger partial charge is 0.335 e. The minimum Gasteiger partial charge on any atom is -0.335 e. The van der Waals surface area contributed by atoms with Crippen molar-refractivity contribution in [1.82, 2.24) is 20.1 Å². The summed E-state index contributed by atoms with van der Waals surface area (Å²) in [5.41, 5.74) is 0.667. The molecule has 0 spiro atoms. The van der Waals surface area contributed by atoms with Gasteiger partial charge in [0.2, 0.25) is 0 Å². The van der Waals surface area contributed by atoms with Crippen molar-refractivity contribution in [2.75, 3.05) is 4.90 Å². The van der Waals surface area contributed by atoms with E-state index in [4.69, 9.17) is 0 Å². The molecular formula is C21H28FN5O. The second kappa shape index (κ2) is 8.71. The van der Waals surface area contributed by atoms with E-state index >= 15 is 0 Å². The van der Waals surface area contributed by atoms with Gasteiger partial charge in [-0.05, 0) is 49.9 Å². The highest BCUT2D eigenvalue weighted by atomic mass is 19.1. The number of aromatic nitrogens is 3. The number of amides is 2. The number of carbonyl (C=O) groups is 1. The first-order valence-electron chi connectivity index (χ1n) is 10.5. The molecule has 1 saturated carbocycles. The summed E-state index contributed by atoms with van der Waals surface area (Å²) in [6, 6.07) is 6.13. The van der Waals surface area contributed by atoms with Crippen LogP contribution >= 0.6 is 0 Å². The van der Waals surface area contributed by atoms with E-state index in [1.165, 1.54) is 25.0 Å². The third-order valence-corrected chi connectivity index (χ3v) is 5.80. The summed E-state index contributed by atoms with van der Waals surface area (Å²) in [4.78, 5) is 14.8. The zero-order valence-corrected chi connectivity index (χ0v) is 16.2. The van der Waals surface area contributed by atoms with Crippen LogP contribution in [0.3, 0.4) is 0 Å². The summed E-state index contributed by atoms with van der Waals surface area (Å²) in [6.07, 6.45) is 9.92. The molecule has 0 saturated heterocycles. The molecule has 1 aromatic heterocycles. The molecule has 1 aromatic carbocycles. The van der Waals surface area contributed by atoms with E-state index in [0.29, 0.717) is 12.2 Å². The summed E-state index contributed by atoms with van der Waals surface area (Å²) in [6.45, 7) is 1.22. The number of rotatable bonds is 4. The standard InChI is InChI=1S/C21H28FN5O/c22-16-10-12-18(13-11-16)27(21(28)23-17-7-3-1-4-8-17)15-20-25-24-19-9-5-2-6-14-26(19)20/h10-13,17H,1-9,14-15H2,(H,23,28). The van der Waals surface area contributed by atoms with Gasteiger partial charge in [0.1, 0.15) is 11.6 Å². The highest BCUT2D eigenvalue weighted by Crippen LogP contribution is 2.22. The fourth-order valence-corrected chi connectivity index (χ4v) is 4.20. The number of halogens is 1. The molecule has 0 atom stereocenters. The van der Waals surface area contributed by atoms with Gasteiger partial charge in [0, 0.05) is 24.7 Å². The van der Waals surface area contributed by atoms with E-state index < -0.39 is 0 Å². The van der Waals surface area contributed by atoms with Crippen molar-refractivity contribution in [2.24, 2.45) is 0 Å². The van der Waals surface area contributed by atoms with Crippen molar-refractivity contribution in [3.05, 3.63) is 41.7 Å². The van der Waals surface area contributed by atoms with Crippen molar-refractivity contribution in [1.29, 1.82) is 0 Å². The first-order valence-corrected chi connectivity index (χ1v) is 10.5. The fourth-order valence-electron chi connectivity index (χ4n) is 4.20. The maximum absolute atomic E-state index is 13.4. The number of anilines is 1. The van der Waals surface area contributed by atoms with Crippen LogP contribution in [0.25, 0.3) is 0 Å². The molecule has 1 fully saturated rings. The lowest BCUT2D eigenvalue weighted by molar-refractivity contribution is 0.237. The van der Waals surface area contributed by atoms with E-state index in [0.717, 1.165) is 63.1 Å². The zero-order chi connectivity index (χ0) is 19.3. The minimum absolute atomic E-state index is 0.149. The van der Waals surface area contributed by atoms with Gasteiger partial charge in [-0.3, -0.25) is 4.90 Å². The Labute approximate surface area is 165 Å². The summed E-state index contributed by atoms with van der Waals surface area (Å²) < 4.78 is 15.6. The van der Waals surface area contributed by atoms with Gasteiger partial charge in [0.05, 0.1) is 6.54 Å². The van der Waals surface area contributed by atoms with Crippen LogP contribution in [0.15, 0.2) is 24.3 Å². The first-order chi connectivity index (χ1) is 13.7. The van der Waals surface area contributed by atoms with Crippen LogP contribution in [0, 0.1) is 5.82 Å². The molecule has 2 heterocycles. The van der Waals surface area contributed by atoms with Gasteiger partial charge < -0.3 is 9.88 Å².